The first-order valence-corrected chi connectivity index (χ1v) is 11.7. The third kappa shape index (κ3) is 5.68. The molecule has 1 saturated heterocycles. The Labute approximate surface area is 187 Å². The minimum Gasteiger partial charge on any atom is -0.351 e. The molecule has 0 saturated carbocycles. The van der Waals surface area contributed by atoms with Gasteiger partial charge in [0.15, 0.2) is 5.82 Å². The van der Waals surface area contributed by atoms with E-state index in [1.807, 2.05) is 36.4 Å². The van der Waals surface area contributed by atoms with Crippen LogP contribution in [0.15, 0.2) is 66.2 Å². The maximum absolute atomic E-state index is 12.8. The van der Waals surface area contributed by atoms with Gasteiger partial charge in [0.1, 0.15) is 0 Å². The van der Waals surface area contributed by atoms with Gasteiger partial charge >= 0.3 is 0 Å². The first kappa shape index (κ1) is 21.5. The minimum atomic E-state index is -0.0963. The van der Waals surface area contributed by atoms with E-state index in [0.29, 0.717) is 12.5 Å². The molecule has 0 spiro atoms. The lowest BCUT2D eigenvalue weighted by Crippen LogP contribution is -2.40. The number of rotatable bonds is 9. The Morgan fingerprint density at radius 2 is 2.10 bits per heavy atom. The zero-order valence-corrected chi connectivity index (χ0v) is 18.7. The third-order valence-corrected chi connectivity index (χ3v) is 6.68. The fraction of sp³-hybridized carbons (Fsp3) is 0.375. The van der Waals surface area contributed by atoms with Crippen LogP contribution in [-0.2, 0) is 4.79 Å². The number of carbonyl (C=O) groups is 1. The molecule has 1 aliphatic rings. The van der Waals surface area contributed by atoms with Crippen LogP contribution in [0.25, 0.3) is 0 Å². The van der Waals surface area contributed by atoms with Crippen molar-refractivity contribution in [2.75, 3.05) is 31.6 Å². The van der Waals surface area contributed by atoms with Crippen molar-refractivity contribution < 1.29 is 4.79 Å². The molecular weight excluding hydrogens is 406 g/mol. The quantitative estimate of drug-likeness (QED) is 0.555. The van der Waals surface area contributed by atoms with Crippen molar-refractivity contribution in [3.8, 4) is 0 Å². The number of nitrogens with zero attached hydrogens (tertiary/aromatic N) is 4. The van der Waals surface area contributed by atoms with E-state index < -0.39 is 0 Å². The van der Waals surface area contributed by atoms with Crippen LogP contribution in [0.4, 0.5) is 5.82 Å². The first-order valence-electron chi connectivity index (χ1n) is 10.8. The van der Waals surface area contributed by atoms with Crippen LogP contribution in [0.2, 0.25) is 0 Å². The molecule has 1 aliphatic heterocycles. The first-order chi connectivity index (χ1) is 15.2. The molecule has 2 atom stereocenters. The van der Waals surface area contributed by atoms with Gasteiger partial charge in [-0.05, 0) is 49.0 Å². The SMILES string of the molecule is CN(CCC(=O)NC(c1ccccc1)c1cccs1)CC1CCCN1c1cccnn1. The number of anilines is 1. The van der Waals surface area contributed by atoms with Crippen molar-refractivity contribution in [1.82, 2.24) is 20.4 Å². The number of hydrogen-bond acceptors (Lipinski definition) is 6. The van der Waals surface area contributed by atoms with E-state index in [0.717, 1.165) is 48.7 Å². The number of carbonyl (C=O) groups excluding carboxylic acids is 1. The summed E-state index contributed by atoms with van der Waals surface area (Å²) < 4.78 is 0. The molecule has 3 heterocycles. The van der Waals surface area contributed by atoms with Crippen molar-refractivity contribution >= 4 is 23.1 Å². The summed E-state index contributed by atoms with van der Waals surface area (Å²) in [5, 5.41) is 13.6. The number of likely N-dealkylation sites (N-methyl/N-ethyl adjacent to an activating group) is 1. The van der Waals surface area contributed by atoms with Gasteiger partial charge < -0.3 is 15.1 Å². The Balaban J connectivity index is 1.30. The molecule has 162 valence electrons. The molecule has 1 aromatic carbocycles. The molecule has 7 heteroatoms. The molecule has 3 aromatic rings. The summed E-state index contributed by atoms with van der Waals surface area (Å²) in [5.74, 6) is 1.02. The lowest BCUT2D eigenvalue weighted by molar-refractivity contribution is -0.121. The highest BCUT2D eigenvalue weighted by molar-refractivity contribution is 7.10. The lowest BCUT2D eigenvalue weighted by Gasteiger charge is -2.29. The summed E-state index contributed by atoms with van der Waals surface area (Å²) in [4.78, 5) is 18.5. The molecule has 0 bridgehead atoms. The molecule has 4 rings (SSSR count). The van der Waals surface area contributed by atoms with E-state index >= 15 is 0 Å². The van der Waals surface area contributed by atoms with Gasteiger partial charge in [-0.25, -0.2) is 0 Å². The van der Waals surface area contributed by atoms with Gasteiger partial charge in [-0.15, -0.1) is 16.4 Å². The highest BCUT2D eigenvalue weighted by Crippen LogP contribution is 2.26. The Hall–Kier alpha value is -2.77. The molecule has 2 aromatic heterocycles. The fourth-order valence-corrected chi connectivity index (χ4v) is 4.97. The maximum Gasteiger partial charge on any atom is 0.222 e. The minimum absolute atomic E-state index is 0.0753. The zero-order chi connectivity index (χ0) is 21.5. The normalized spacial score (nSPS) is 17.1. The second-order valence-electron chi connectivity index (χ2n) is 8.01. The van der Waals surface area contributed by atoms with Gasteiger partial charge in [0.25, 0.3) is 0 Å². The third-order valence-electron chi connectivity index (χ3n) is 5.74. The molecule has 1 amide bonds. The van der Waals surface area contributed by atoms with Gasteiger partial charge in [0.2, 0.25) is 5.91 Å². The van der Waals surface area contributed by atoms with E-state index in [4.69, 9.17) is 0 Å². The van der Waals surface area contributed by atoms with Gasteiger partial charge in [0.05, 0.1) is 6.04 Å². The monoisotopic (exact) mass is 435 g/mol. The van der Waals surface area contributed by atoms with Gasteiger partial charge in [0, 0.05) is 43.2 Å². The zero-order valence-electron chi connectivity index (χ0n) is 17.9. The second-order valence-corrected chi connectivity index (χ2v) is 8.99. The van der Waals surface area contributed by atoms with Gasteiger partial charge in [-0.2, -0.15) is 5.10 Å². The molecular formula is C24H29N5OS. The highest BCUT2D eigenvalue weighted by atomic mass is 32.1. The topological polar surface area (TPSA) is 61.4 Å². The van der Waals surface area contributed by atoms with Crippen molar-refractivity contribution in [1.29, 1.82) is 0 Å². The Kier molecular flexibility index (Phi) is 7.27. The van der Waals surface area contributed by atoms with Gasteiger partial charge in [-0.1, -0.05) is 36.4 Å². The fourth-order valence-electron chi connectivity index (χ4n) is 4.17. The van der Waals surface area contributed by atoms with Crippen molar-refractivity contribution in [2.45, 2.75) is 31.3 Å². The summed E-state index contributed by atoms with van der Waals surface area (Å²) >= 11 is 1.67. The number of thiophene rings is 1. The number of nitrogens with one attached hydrogen (secondary N) is 1. The van der Waals surface area contributed by atoms with E-state index in [1.165, 1.54) is 0 Å². The van der Waals surface area contributed by atoms with Crippen LogP contribution >= 0.6 is 11.3 Å². The maximum atomic E-state index is 12.8. The van der Waals surface area contributed by atoms with E-state index in [1.54, 1.807) is 17.5 Å². The van der Waals surface area contributed by atoms with Crippen molar-refractivity contribution in [3.63, 3.8) is 0 Å². The van der Waals surface area contributed by atoms with E-state index in [2.05, 4.69) is 55.9 Å². The number of hydrogen-bond donors (Lipinski definition) is 1. The van der Waals surface area contributed by atoms with Crippen LogP contribution in [0.5, 0.6) is 0 Å². The molecule has 1 fully saturated rings. The summed E-state index contributed by atoms with van der Waals surface area (Å²) in [5.41, 5.74) is 1.11. The summed E-state index contributed by atoms with van der Waals surface area (Å²) in [7, 11) is 2.09. The predicted molar refractivity (Wildman–Crippen MR) is 125 cm³/mol. The number of benzene rings is 1. The predicted octanol–water partition coefficient (Wildman–Crippen LogP) is 3.73. The average Bonchev–Trinajstić information content (AvgIpc) is 3.50. The number of aromatic nitrogens is 2. The average molecular weight is 436 g/mol. The molecule has 1 N–H and O–H groups in total. The molecule has 0 aliphatic carbocycles. The molecule has 0 radical (unpaired) electrons. The summed E-state index contributed by atoms with van der Waals surface area (Å²) in [6.45, 7) is 2.65. The van der Waals surface area contributed by atoms with Crippen LogP contribution < -0.4 is 10.2 Å². The van der Waals surface area contributed by atoms with Gasteiger partial charge in [-0.3, -0.25) is 4.79 Å². The van der Waals surface area contributed by atoms with Crippen LogP contribution in [0.3, 0.4) is 0 Å². The molecule has 31 heavy (non-hydrogen) atoms. The van der Waals surface area contributed by atoms with Crippen LogP contribution in [0, 0.1) is 0 Å². The lowest BCUT2D eigenvalue weighted by atomic mass is 10.1. The highest BCUT2D eigenvalue weighted by Gasteiger charge is 2.27. The Morgan fingerprint density at radius 3 is 2.84 bits per heavy atom. The van der Waals surface area contributed by atoms with Crippen molar-refractivity contribution in [3.05, 3.63) is 76.6 Å². The Morgan fingerprint density at radius 1 is 1.23 bits per heavy atom. The summed E-state index contributed by atoms with van der Waals surface area (Å²) in [6.07, 6.45) is 4.48. The molecule has 6 nitrogen and oxygen atoms in total. The van der Waals surface area contributed by atoms with E-state index in [-0.39, 0.29) is 11.9 Å². The van der Waals surface area contributed by atoms with E-state index in [9.17, 15) is 4.79 Å². The smallest absolute Gasteiger partial charge is 0.222 e. The Bertz CT molecular complexity index is 935. The second kappa shape index (κ2) is 10.5. The van der Waals surface area contributed by atoms with Crippen LogP contribution in [0.1, 0.15) is 35.7 Å². The molecule has 2 unspecified atom stereocenters. The summed E-state index contributed by atoms with van der Waals surface area (Å²) in [6, 6.07) is 18.5. The standard InChI is InChI=1S/C24H29N5OS/c1-28(18-20-10-6-15-29(20)22-12-5-14-25-27-22)16-13-23(30)26-24(21-11-7-17-31-21)19-8-3-2-4-9-19/h2-5,7-9,11-12,14,17,20,24H,6,10,13,15-16,18H2,1H3,(H,26,30). The number of amides is 1. The largest absolute Gasteiger partial charge is 0.351 e. The van der Waals surface area contributed by atoms with Crippen LogP contribution in [-0.4, -0.2) is 53.7 Å². The van der Waals surface area contributed by atoms with Crippen molar-refractivity contribution in [2.24, 2.45) is 0 Å².